The Balaban J connectivity index is 1.77. The first-order valence-corrected chi connectivity index (χ1v) is 7.47. The van der Waals surface area contributed by atoms with Crippen LogP contribution in [0.2, 0.25) is 0 Å². The fourth-order valence-corrected chi connectivity index (χ4v) is 2.82. The standard InChI is InChI=1S/C18H22N4/c1-20-16-10-14(9-15(19)11-16)13-6-7-17(21-12-13)18-5-3-4-8-22(18)2/h3-12,17-18,20-21H,19H2,1-2H3. The molecule has 0 amide bonds. The summed E-state index contributed by atoms with van der Waals surface area (Å²) in [5, 5.41) is 6.63. The molecule has 22 heavy (non-hydrogen) atoms. The Bertz CT molecular complexity index is 670. The lowest BCUT2D eigenvalue weighted by atomic mass is 9.97. The molecule has 0 fully saturated rings. The van der Waals surface area contributed by atoms with Crippen LogP contribution in [-0.2, 0) is 0 Å². The average Bonchev–Trinajstić information content (AvgIpc) is 2.55. The fraction of sp³-hybridized carbons (Fsp3) is 0.222. The van der Waals surface area contributed by atoms with Crippen LogP contribution in [0.25, 0.3) is 5.57 Å². The zero-order valence-corrected chi connectivity index (χ0v) is 13.0. The predicted molar refractivity (Wildman–Crippen MR) is 94.3 cm³/mol. The fourth-order valence-electron chi connectivity index (χ4n) is 2.82. The molecule has 0 bridgehead atoms. The average molecular weight is 294 g/mol. The molecule has 114 valence electrons. The van der Waals surface area contributed by atoms with Crippen LogP contribution in [0.1, 0.15) is 5.56 Å². The molecule has 4 N–H and O–H groups in total. The van der Waals surface area contributed by atoms with Gasteiger partial charge in [0.2, 0.25) is 0 Å². The van der Waals surface area contributed by atoms with Gasteiger partial charge in [-0.25, -0.2) is 0 Å². The summed E-state index contributed by atoms with van der Waals surface area (Å²) >= 11 is 0. The van der Waals surface area contributed by atoms with Crippen molar-refractivity contribution in [2.45, 2.75) is 12.1 Å². The summed E-state index contributed by atoms with van der Waals surface area (Å²) in [6.07, 6.45) is 14.9. The van der Waals surface area contributed by atoms with E-state index in [0.717, 1.165) is 22.5 Å². The van der Waals surface area contributed by atoms with Gasteiger partial charge in [0.15, 0.2) is 0 Å². The van der Waals surface area contributed by atoms with Crippen molar-refractivity contribution in [3.8, 4) is 0 Å². The molecule has 1 aromatic carbocycles. The molecular weight excluding hydrogens is 272 g/mol. The Morgan fingerprint density at radius 1 is 1.18 bits per heavy atom. The SMILES string of the molecule is CNc1cc(N)cc(C2=CNC(C3C=CC=CN3C)C=C2)c1. The summed E-state index contributed by atoms with van der Waals surface area (Å²) in [7, 11) is 3.99. The highest BCUT2D eigenvalue weighted by atomic mass is 15.1. The minimum Gasteiger partial charge on any atom is -0.399 e. The number of nitrogens with zero attached hydrogens (tertiary/aromatic N) is 1. The third-order valence-corrected chi connectivity index (χ3v) is 4.07. The molecule has 4 heteroatoms. The normalized spacial score (nSPS) is 23.2. The molecule has 0 radical (unpaired) electrons. The number of anilines is 2. The molecule has 4 nitrogen and oxygen atoms in total. The third kappa shape index (κ3) is 2.86. The predicted octanol–water partition coefficient (Wildman–Crippen LogP) is 2.56. The first-order valence-electron chi connectivity index (χ1n) is 7.47. The van der Waals surface area contributed by atoms with Crippen molar-refractivity contribution in [1.29, 1.82) is 0 Å². The molecule has 0 aliphatic carbocycles. The molecule has 0 saturated carbocycles. The van der Waals surface area contributed by atoms with Gasteiger partial charge in [-0.15, -0.1) is 0 Å². The minimum absolute atomic E-state index is 0.264. The minimum atomic E-state index is 0.264. The van der Waals surface area contributed by atoms with Crippen LogP contribution in [0.3, 0.4) is 0 Å². The van der Waals surface area contributed by atoms with E-state index in [1.54, 1.807) is 0 Å². The molecule has 1 aromatic rings. The van der Waals surface area contributed by atoms with E-state index in [2.05, 4.69) is 71.4 Å². The number of likely N-dealkylation sites (N-methyl/N-ethyl adjacent to an activating group) is 1. The number of hydrogen-bond donors (Lipinski definition) is 3. The van der Waals surface area contributed by atoms with Gasteiger partial charge in [0.1, 0.15) is 0 Å². The van der Waals surface area contributed by atoms with E-state index in [4.69, 9.17) is 5.73 Å². The van der Waals surface area contributed by atoms with Crippen LogP contribution in [0.5, 0.6) is 0 Å². The highest BCUT2D eigenvalue weighted by Gasteiger charge is 2.21. The molecule has 0 spiro atoms. The summed E-state index contributed by atoms with van der Waals surface area (Å²) in [4.78, 5) is 2.21. The lowest BCUT2D eigenvalue weighted by Gasteiger charge is -2.33. The van der Waals surface area contributed by atoms with Gasteiger partial charge in [-0.05, 0) is 41.6 Å². The number of rotatable bonds is 3. The molecular formula is C18H22N4. The van der Waals surface area contributed by atoms with E-state index in [1.165, 1.54) is 0 Å². The van der Waals surface area contributed by atoms with Crippen LogP contribution in [0.4, 0.5) is 11.4 Å². The van der Waals surface area contributed by atoms with Gasteiger partial charge < -0.3 is 21.3 Å². The molecule has 0 aromatic heterocycles. The molecule has 2 aliphatic heterocycles. The zero-order chi connectivity index (χ0) is 15.5. The molecule has 3 rings (SSSR count). The second-order valence-corrected chi connectivity index (χ2v) is 5.63. The maximum absolute atomic E-state index is 5.97. The number of allylic oxidation sites excluding steroid dienone is 4. The van der Waals surface area contributed by atoms with Crippen LogP contribution < -0.4 is 16.4 Å². The number of nitrogen functional groups attached to an aromatic ring is 1. The van der Waals surface area contributed by atoms with E-state index in [0.29, 0.717) is 6.04 Å². The van der Waals surface area contributed by atoms with Crippen LogP contribution in [0.15, 0.2) is 61.0 Å². The Hall–Kier alpha value is -2.62. The second-order valence-electron chi connectivity index (χ2n) is 5.63. The van der Waals surface area contributed by atoms with Crippen molar-refractivity contribution in [1.82, 2.24) is 10.2 Å². The van der Waals surface area contributed by atoms with E-state index in [9.17, 15) is 0 Å². The van der Waals surface area contributed by atoms with Crippen molar-refractivity contribution in [2.75, 3.05) is 25.1 Å². The topological polar surface area (TPSA) is 53.3 Å². The highest BCUT2D eigenvalue weighted by Crippen LogP contribution is 2.25. The number of benzene rings is 1. The molecule has 2 aliphatic rings. The van der Waals surface area contributed by atoms with Gasteiger partial charge in [0.05, 0.1) is 12.1 Å². The van der Waals surface area contributed by atoms with Crippen molar-refractivity contribution < 1.29 is 0 Å². The second kappa shape index (κ2) is 6.02. The Morgan fingerprint density at radius 2 is 2.05 bits per heavy atom. The summed E-state index contributed by atoms with van der Waals surface area (Å²) in [5.41, 5.74) is 10.00. The van der Waals surface area contributed by atoms with Crippen molar-refractivity contribution in [2.24, 2.45) is 0 Å². The highest BCUT2D eigenvalue weighted by molar-refractivity contribution is 5.79. The maximum atomic E-state index is 5.97. The number of nitrogens with one attached hydrogen (secondary N) is 2. The summed E-state index contributed by atoms with van der Waals surface area (Å²) in [6.45, 7) is 0. The third-order valence-electron chi connectivity index (χ3n) is 4.07. The molecule has 2 unspecified atom stereocenters. The van der Waals surface area contributed by atoms with Gasteiger partial charge in [-0.3, -0.25) is 0 Å². The first kappa shape index (κ1) is 14.3. The van der Waals surface area contributed by atoms with Crippen LogP contribution >= 0.6 is 0 Å². The summed E-state index contributed by atoms with van der Waals surface area (Å²) in [6, 6.07) is 6.62. The first-order chi connectivity index (χ1) is 10.7. The van der Waals surface area contributed by atoms with Crippen molar-refractivity contribution in [3.05, 3.63) is 66.5 Å². The van der Waals surface area contributed by atoms with Gasteiger partial charge in [0, 0.05) is 31.7 Å². The monoisotopic (exact) mass is 294 g/mol. The van der Waals surface area contributed by atoms with E-state index < -0.39 is 0 Å². The summed E-state index contributed by atoms with van der Waals surface area (Å²) < 4.78 is 0. The van der Waals surface area contributed by atoms with E-state index in [1.807, 2.05) is 19.2 Å². The van der Waals surface area contributed by atoms with Crippen molar-refractivity contribution in [3.63, 3.8) is 0 Å². The number of nitrogens with two attached hydrogens (primary N) is 1. The lowest BCUT2D eigenvalue weighted by molar-refractivity contribution is 0.338. The smallest absolute Gasteiger partial charge is 0.0705 e. The Morgan fingerprint density at radius 3 is 2.73 bits per heavy atom. The van der Waals surface area contributed by atoms with E-state index >= 15 is 0 Å². The van der Waals surface area contributed by atoms with Crippen LogP contribution in [0, 0.1) is 0 Å². The van der Waals surface area contributed by atoms with Gasteiger partial charge in [0.25, 0.3) is 0 Å². The Labute approximate surface area is 131 Å². The van der Waals surface area contributed by atoms with Crippen molar-refractivity contribution >= 4 is 16.9 Å². The molecule has 0 saturated heterocycles. The summed E-state index contributed by atoms with van der Waals surface area (Å²) in [5.74, 6) is 0. The van der Waals surface area contributed by atoms with Gasteiger partial charge in [-0.2, -0.15) is 0 Å². The zero-order valence-electron chi connectivity index (χ0n) is 13.0. The maximum Gasteiger partial charge on any atom is 0.0705 e. The largest absolute Gasteiger partial charge is 0.399 e. The van der Waals surface area contributed by atoms with Crippen LogP contribution in [-0.4, -0.2) is 31.1 Å². The molecule has 2 heterocycles. The van der Waals surface area contributed by atoms with Gasteiger partial charge in [-0.1, -0.05) is 24.3 Å². The quantitative estimate of drug-likeness (QED) is 0.750. The number of dihydropyridines is 1. The molecule has 2 atom stereocenters. The Kier molecular flexibility index (Phi) is 3.92. The van der Waals surface area contributed by atoms with Gasteiger partial charge >= 0.3 is 0 Å². The number of hydrogen-bond acceptors (Lipinski definition) is 4. The van der Waals surface area contributed by atoms with E-state index in [-0.39, 0.29) is 6.04 Å². The lowest BCUT2D eigenvalue weighted by Crippen LogP contribution is -2.44.